The van der Waals surface area contributed by atoms with Crippen LogP contribution in [0.5, 0.6) is 11.5 Å². The highest BCUT2D eigenvalue weighted by Crippen LogP contribution is 2.33. The minimum atomic E-state index is -3.91. The molecule has 1 unspecified atom stereocenters. The first-order chi connectivity index (χ1) is 12.8. The van der Waals surface area contributed by atoms with Crippen molar-refractivity contribution in [1.29, 1.82) is 0 Å². The van der Waals surface area contributed by atoms with Gasteiger partial charge in [0.2, 0.25) is 15.6 Å². The van der Waals surface area contributed by atoms with Crippen LogP contribution in [0, 0.1) is 0 Å². The molecule has 0 aliphatic carbocycles. The van der Waals surface area contributed by atoms with E-state index in [2.05, 4.69) is 0 Å². The van der Waals surface area contributed by atoms with Gasteiger partial charge in [-0.3, -0.25) is 0 Å². The van der Waals surface area contributed by atoms with Crippen LogP contribution in [0.25, 0.3) is 0 Å². The van der Waals surface area contributed by atoms with Gasteiger partial charge >= 0.3 is 5.97 Å². The number of ether oxygens (including phenoxy) is 4. The van der Waals surface area contributed by atoms with Crippen molar-refractivity contribution in [3.8, 4) is 11.5 Å². The number of benzene rings is 1. The molecule has 1 aliphatic heterocycles. The highest BCUT2D eigenvalue weighted by atomic mass is 32.2. The van der Waals surface area contributed by atoms with Crippen LogP contribution in [0.15, 0.2) is 35.4 Å². The normalized spacial score (nSPS) is 19.0. The van der Waals surface area contributed by atoms with Crippen molar-refractivity contribution in [2.75, 3.05) is 34.4 Å². The van der Waals surface area contributed by atoms with E-state index in [1.807, 2.05) is 6.92 Å². The molecule has 27 heavy (non-hydrogen) atoms. The van der Waals surface area contributed by atoms with Crippen molar-refractivity contribution in [2.24, 2.45) is 0 Å². The number of esters is 1. The highest BCUT2D eigenvalue weighted by Gasteiger charge is 2.46. The molecule has 1 aromatic carbocycles. The van der Waals surface area contributed by atoms with Gasteiger partial charge in [0.1, 0.15) is 0 Å². The summed E-state index contributed by atoms with van der Waals surface area (Å²) in [6.45, 7) is 1.92. The lowest BCUT2D eigenvalue weighted by atomic mass is 10.0. The Bertz CT molecular complexity index is 796. The monoisotopic (exact) mass is 399 g/mol. The molecule has 1 aliphatic rings. The number of hydrogen-bond acceptors (Lipinski definition) is 7. The Morgan fingerprint density at radius 1 is 1.22 bits per heavy atom. The molecule has 150 valence electrons. The van der Waals surface area contributed by atoms with E-state index < -0.39 is 21.6 Å². The van der Waals surface area contributed by atoms with Crippen LogP contribution in [0.1, 0.15) is 19.8 Å². The zero-order chi connectivity index (χ0) is 20.1. The van der Waals surface area contributed by atoms with Gasteiger partial charge in [0.15, 0.2) is 11.5 Å². The molecule has 0 fully saturated rings. The lowest BCUT2D eigenvalue weighted by molar-refractivity contribution is -0.161. The van der Waals surface area contributed by atoms with Crippen LogP contribution >= 0.6 is 0 Å². The van der Waals surface area contributed by atoms with Crippen LogP contribution in [0.4, 0.5) is 0 Å². The first-order valence-electron chi connectivity index (χ1n) is 8.48. The number of hydrogen-bond donors (Lipinski definition) is 0. The molecular formula is C18H25NO7S. The number of sulfonamides is 1. The predicted octanol–water partition coefficient (Wildman–Crippen LogP) is 1.95. The smallest absolute Gasteiger partial charge is 0.351 e. The number of rotatable bonds is 9. The Labute approximate surface area is 159 Å². The van der Waals surface area contributed by atoms with Crippen molar-refractivity contribution in [2.45, 2.75) is 30.3 Å². The van der Waals surface area contributed by atoms with Gasteiger partial charge in [-0.1, -0.05) is 6.92 Å². The predicted molar refractivity (Wildman–Crippen MR) is 98.2 cm³/mol. The SMILES string of the molecule is CCCN(CC1(C(=O)OC)CC=CO1)S(=O)(=O)c1ccc(OC)c(OC)c1. The molecule has 1 aromatic rings. The first kappa shape index (κ1) is 21.0. The third-order valence-corrected chi connectivity index (χ3v) is 6.13. The van der Waals surface area contributed by atoms with E-state index in [0.29, 0.717) is 17.9 Å². The molecular weight excluding hydrogens is 374 g/mol. The Balaban J connectivity index is 2.41. The molecule has 0 saturated heterocycles. The topological polar surface area (TPSA) is 91.4 Å². The largest absolute Gasteiger partial charge is 0.493 e. The summed E-state index contributed by atoms with van der Waals surface area (Å²) in [5, 5.41) is 0. The lowest BCUT2D eigenvalue weighted by Crippen LogP contribution is -2.51. The molecule has 2 rings (SSSR count). The molecule has 1 heterocycles. The van der Waals surface area contributed by atoms with Gasteiger partial charge in [-0.05, 0) is 24.6 Å². The van der Waals surface area contributed by atoms with Crippen LogP contribution < -0.4 is 9.47 Å². The van der Waals surface area contributed by atoms with Crippen LogP contribution in [0.2, 0.25) is 0 Å². The highest BCUT2D eigenvalue weighted by molar-refractivity contribution is 7.89. The zero-order valence-corrected chi connectivity index (χ0v) is 16.7. The van der Waals surface area contributed by atoms with E-state index in [0.717, 1.165) is 0 Å². The van der Waals surface area contributed by atoms with Gasteiger partial charge in [0.25, 0.3) is 0 Å². The molecule has 0 bridgehead atoms. The third-order valence-electron chi connectivity index (χ3n) is 4.29. The summed E-state index contributed by atoms with van der Waals surface area (Å²) >= 11 is 0. The molecule has 0 N–H and O–H groups in total. The van der Waals surface area contributed by atoms with Gasteiger partial charge in [-0.15, -0.1) is 0 Å². The quantitative estimate of drug-likeness (QED) is 0.586. The summed E-state index contributed by atoms with van der Waals surface area (Å²) < 4.78 is 48.4. The second-order valence-electron chi connectivity index (χ2n) is 6.04. The van der Waals surface area contributed by atoms with Gasteiger partial charge in [-0.2, -0.15) is 4.31 Å². The van der Waals surface area contributed by atoms with Gasteiger partial charge in [0, 0.05) is 19.0 Å². The minimum absolute atomic E-state index is 0.0413. The second kappa shape index (κ2) is 8.62. The van der Waals surface area contributed by atoms with Crippen molar-refractivity contribution in [1.82, 2.24) is 4.31 Å². The zero-order valence-electron chi connectivity index (χ0n) is 15.9. The summed E-state index contributed by atoms with van der Waals surface area (Å²) in [5.41, 5.74) is -1.38. The van der Waals surface area contributed by atoms with Crippen molar-refractivity contribution >= 4 is 16.0 Å². The van der Waals surface area contributed by atoms with Crippen molar-refractivity contribution in [3.63, 3.8) is 0 Å². The number of carbonyl (C=O) groups excluding carboxylic acids is 1. The van der Waals surface area contributed by atoms with E-state index in [1.165, 1.54) is 50.1 Å². The van der Waals surface area contributed by atoms with Crippen molar-refractivity contribution < 1.29 is 32.2 Å². The minimum Gasteiger partial charge on any atom is -0.493 e. The fourth-order valence-corrected chi connectivity index (χ4v) is 4.49. The van der Waals surface area contributed by atoms with E-state index in [1.54, 1.807) is 6.08 Å². The maximum Gasteiger partial charge on any atom is 0.351 e. The standard InChI is InChI=1S/C18H25NO7S/c1-5-10-19(13-18(17(20)25-4)9-6-11-26-18)27(21,22)14-7-8-15(23-2)16(12-14)24-3/h6-8,11-12H,5,9-10,13H2,1-4H3. The van der Waals surface area contributed by atoms with E-state index in [-0.39, 0.29) is 24.4 Å². The molecule has 0 amide bonds. The van der Waals surface area contributed by atoms with Gasteiger partial charge in [-0.25, -0.2) is 13.2 Å². The Kier molecular flexibility index (Phi) is 6.72. The summed E-state index contributed by atoms with van der Waals surface area (Å²) in [6.07, 6.45) is 3.87. The lowest BCUT2D eigenvalue weighted by Gasteiger charge is -2.32. The number of nitrogens with zero attached hydrogens (tertiary/aromatic N) is 1. The van der Waals surface area contributed by atoms with E-state index in [4.69, 9.17) is 18.9 Å². The molecule has 1 atom stereocenters. The number of methoxy groups -OCH3 is 3. The van der Waals surface area contributed by atoms with Crippen LogP contribution in [-0.4, -0.2) is 58.7 Å². The van der Waals surface area contributed by atoms with Crippen LogP contribution in [-0.2, 0) is 24.3 Å². The molecule has 0 radical (unpaired) electrons. The molecule has 0 saturated carbocycles. The number of carbonyl (C=O) groups is 1. The van der Waals surface area contributed by atoms with Gasteiger partial charge < -0.3 is 18.9 Å². The maximum absolute atomic E-state index is 13.2. The maximum atomic E-state index is 13.2. The summed E-state index contributed by atoms with van der Waals surface area (Å²) in [4.78, 5) is 12.3. The molecule has 9 heteroatoms. The fraction of sp³-hybridized carbons (Fsp3) is 0.500. The van der Waals surface area contributed by atoms with Crippen molar-refractivity contribution in [3.05, 3.63) is 30.5 Å². The Morgan fingerprint density at radius 2 is 1.93 bits per heavy atom. The summed E-state index contributed by atoms with van der Waals surface area (Å²) in [6, 6.07) is 4.37. The second-order valence-corrected chi connectivity index (χ2v) is 7.97. The van der Waals surface area contributed by atoms with Crippen LogP contribution in [0.3, 0.4) is 0 Å². The third kappa shape index (κ3) is 4.19. The molecule has 0 spiro atoms. The Morgan fingerprint density at radius 3 is 2.44 bits per heavy atom. The average molecular weight is 399 g/mol. The van der Waals surface area contributed by atoms with E-state index in [9.17, 15) is 13.2 Å². The average Bonchev–Trinajstić information content (AvgIpc) is 3.16. The van der Waals surface area contributed by atoms with Gasteiger partial charge in [0.05, 0.1) is 39.0 Å². The summed E-state index contributed by atoms with van der Waals surface area (Å²) in [5.74, 6) is 0.112. The fourth-order valence-electron chi connectivity index (χ4n) is 2.89. The first-order valence-corrected chi connectivity index (χ1v) is 9.92. The molecule has 8 nitrogen and oxygen atoms in total. The van der Waals surface area contributed by atoms with E-state index >= 15 is 0 Å². The Hall–Kier alpha value is -2.26. The summed E-state index contributed by atoms with van der Waals surface area (Å²) in [7, 11) is 0.248. The molecule has 0 aromatic heterocycles.